The highest BCUT2D eigenvalue weighted by Gasteiger charge is 2.24. The van der Waals surface area contributed by atoms with Gasteiger partial charge in [0.2, 0.25) is 0 Å². The van der Waals surface area contributed by atoms with Gasteiger partial charge in [-0.2, -0.15) is 5.10 Å². The van der Waals surface area contributed by atoms with Gasteiger partial charge in [-0.25, -0.2) is 0 Å². The number of rotatable bonds is 1. The summed E-state index contributed by atoms with van der Waals surface area (Å²) in [6.45, 7) is 9.93. The molecule has 1 aliphatic heterocycles. The molecule has 0 unspecified atom stereocenters. The van der Waals surface area contributed by atoms with E-state index in [0.717, 1.165) is 26.1 Å². The number of nitrogens with one attached hydrogen (secondary N) is 1. The van der Waals surface area contributed by atoms with Crippen LogP contribution in [0.25, 0.3) is 0 Å². The minimum absolute atomic E-state index is 0.341. The number of H-pyrrole nitrogens is 1. The molecular formula is C11H18ClN3. The van der Waals surface area contributed by atoms with Gasteiger partial charge in [0.25, 0.3) is 0 Å². The van der Waals surface area contributed by atoms with E-state index in [1.165, 1.54) is 11.3 Å². The summed E-state index contributed by atoms with van der Waals surface area (Å²) < 4.78 is 0. The van der Waals surface area contributed by atoms with Crippen LogP contribution < -0.4 is 0 Å². The summed E-state index contributed by atoms with van der Waals surface area (Å²) in [7, 11) is 0. The number of nitrogens with zero attached hydrogens (tertiary/aromatic N) is 2. The molecule has 0 bridgehead atoms. The summed E-state index contributed by atoms with van der Waals surface area (Å²) in [5.41, 5.74) is 2.74. The minimum Gasteiger partial charge on any atom is -0.298 e. The fourth-order valence-electron chi connectivity index (χ4n) is 2.12. The van der Waals surface area contributed by atoms with Gasteiger partial charge in [0.05, 0.1) is 0 Å². The zero-order valence-corrected chi connectivity index (χ0v) is 10.4. The Hall–Kier alpha value is -0.540. The van der Waals surface area contributed by atoms with E-state index in [0.29, 0.717) is 10.6 Å². The van der Waals surface area contributed by atoms with Crippen molar-refractivity contribution in [2.24, 2.45) is 5.41 Å². The van der Waals surface area contributed by atoms with Crippen LogP contribution in [-0.4, -0.2) is 28.2 Å². The van der Waals surface area contributed by atoms with E-state index in [-0.39, 0.29) is 0 Å². The second-order valence-corrected chi connectivity index (χ2v) is 5.85. The van der Waals surface area contributed by atoms with Crippen LogP contribution in [0, 0.1) is 5.41 Å². The Morgan fingerprint density at radius 3 is 2.87 bits per heavy atom. The third-order valence-electron chi connectivity index (χ3n) is 2.66. The quantitative estimate of drug-likeness (QED) is 0.800. The zero-order chi connectivity index (χ0) is 11.1. The molecule has 1 aromatic heterocycles. The van der Waals surface area contributed by atoms with Crippen LogP contribution in [0.1, 0.15) is 32.0 Å². The van der Waals surface area contributed by atoms with E-state index in [9.17, 15) is 0 Å². The van der Waals surface area contributed by atoms with Gasteiger partial charge in [0.15, 0.2) is 5.15 Å². The summed E-state index contributed by atoms with van der Waals surface area (Å²) in [6, 6.07) is 0. The first-order valence-corrected chi connectivity index (χ1v) is 5.77. The summed E-state index contributed by atoms with van der Waals surface area (Å²) in [6.07, 6.45) is 1.03. The molecule has 15 heavy (non-hydrogen) atoms. The van der Waals surface area contributed by atoms with Crippen LogP contribution in [0.2, 0.25) is 5.15 Å². The Labute approximate surface area is 95.8 Å². The first-order valence-electron chi connectivity index (χ1n) is 5.40. The van der Waals surface area contributed by atoms with Crippen LogP contribution in [-0.2, 0) is 13.0 Å². The fourth-order valence-corrected chi connectivity index (χ4v) is 2.34. The highest BCUT2D eigenvalue weighted by atomic mass is 35.5. The van der Waals surface area contributed by atoms with Gasteiger partial charge in [-0.05, 0) is 5.41 Å². The third kappa shape index (κ3) is 2.52. The van der Waals surface area contributed by atoms with Gasteiger partial charge < -0.3 is 0 Å². The Bertz CT molecular complexity index is 351. The second kappa shape index (κ2) is 3.80. The normalized spacial score (nSPS) is 17.9. The fraction of sp³-hybridized carbons (Fsp3) is 0.727. The van der Waals surface area contributed by atoms with Crippen LogP contribution >= 0.6 is 11.6 Å². The van der Waals surface area contributed by atoms with Crippen molar-refractivity contribution in [2.75, 3.05) is 13.1 Å². The number of fused-ring (bicyclic) bond motifs is 1. The summed E-state index contributed by atoms with van der Waals surface area (Å²) >= 11 is 6.03. The predicted molar refractivity (Wildman–Crippen MR) is 62.0 cm³/mol. The summed E-state index contributed by atoms with van der Waals surface area (Å²) in [5.74, 6) is 0. The summed E-state index contributed by atoms with van der Waals surface area (Å²) in [4.78, 5) is 2.45. The smallest absolute Gasteiger partial charge is 0.155 e. The van der Waals surface area contributed by atoms with E-state index < -0.39 is 0 Å². The first-order chi connectivity index (χ1) is 6.96. The molecule has 3 nitrogen and oxygen atoms in total. The van der Waals surface area contributed by atoms with Gasteiger partial charge in [-0.1, -0.05) is 32.4 Å². The molecule has 0 aliphatic carbocycles. The maximum absolute atomic E-state index is 6.03. The Morgan fingerprint density at radius 2 is 2.20 bits per heavy atom. The molecule has 0 atom stereocenters. The predicted octanol–water partition coefficient (Wildman–Crippen LogP) is 2.47. The molecule has 0 amide bonds. The lowest BCUT2D eigenvalue weighted by Gasteiger charge is -2.32. The van der Waals surface area contributed by atoms with Gasteiger partial charge >= 0.3 is 0 Å². The van der Waals surface area contributed by atoms with Crippen molar-refractivity contribution in [3.05, 3.63) is 16.4 Å². The van der Waals surface area contributed by atoms with Crippen molar-refractivity contribution in [1.29, 1.82) is 0 Å². The Kier molecular flexibility index (Phi) is 2.77. The molecule has 1 aromatic rings. The highest BCUT2D eigenvalue weighted by Crippen LogP contribution is 2.26. The van der Waals surface area contributed by atoms with Crippen molar-refractivity contribution in [1.82, 2.24) is 15.1 Å². The van der Waals surface area contributed by atoms with Gasteiger partial charge in [-0.15, -0.1) is 0 Å². The molecule has 2 rings (SSSR count). The largest absolute Gasteiger partial charge is 0.298 e. The third-order valence-corrected chi connectivity index (χ3v) is 2.97. The van der Waals surface area contributed by atoms with Crippen molar-refractivity contribution >= 4 is 11.6 Å². The molecule has 4 heteroatoms. The maximum Gasteiger partial charge on any atom is 0.155 e. The molecule has 0 saturated heterocycles. The molecule has 1 N–H and O–H groups in total. The van der Waals surface area contributed by atoms with E-state index >= 15 is 0 Å². The van der Waals surface area contributed by atoms with Crippen LogP contribution in [0.15, 0.2) is 0 Å². The first kappa shape index (κ1) is 11.0. The number of halogens is 1. The standard InChI is InChI=1S/C11H18ClN3/c1-11(2,3)7-15-5-4-9-8(6-15)10(12)14-13-9/h4-7H2,1-3H3,(H,13,14). The lowest BCUT2D eigenvalue weighted by molar-refractivity contribution is 0.176. The van der Waals surface area contributed by atoms with E-state index in [2.05, 4.69) is 35.9 Å². The van der Waals surface area contributed by atoms with Gasteiger partial charge in [0, 0.05) is 37.3 Å². The lowest BCUT2D eigenvalue weighted by Crippen LogP contribution is -2.36. The zero-order valence-electron chi connectivity index (χ0n) is 9.60. The molecule has 0 aromatic carbocycles. The topological polar surface area (TPSA) is 31.9 Å². The van der Waals surface area contributed by atoms with Crippen LogP contribution in [0.3, 0.4) is 0 Å². The summed E-state index contributed by atoms with van der Waals surface area (Å²) in [5, 5.41) is 7.69. The Balaban J connectivity index is 2.08. The van der Waals surface area contributed by atoms with Crippen LogP contribution in [0.5, 0.6) is 0 Å². The highest BCUT2D eigenvalue weighted by molar-refractivity contribution is 6.30. The van der Waals surface area contributed by atoms with Crippen molar-refractivity contribution in [3.63, 3.8) is 0 Å². The van der Waals surface area contributed by atoms with Crippen molar-refractivity contribution in [3.8, 4) is 0 Å². The van der Waals surface area contributed by atoms with Crippen LogP contribution in [0.4, 0.5) is 0 Å². The monoisotopic (exact) mass is 227 g/mol. The van der Waals surface area contributed by atoms with Crippen molar-refractivity contribution in [2.45, 2.75) is 33.7 Å². The molecule has 1 aliphatic rings. The molecule has 2 heterocycles. The molecule has 0 spiro atoms. The number of hydrogen-bond donors (Lipinski definition) is 1. The van der Waals surface area contributed by atoms with E-state index in [1.807, 2.05) is 0 Å². The minimum atomic E-state index is 0.341. The van der Waals surface area contributed by atoms with Gasteiger partial charge in [0.1, 0.15) is 0 Å². The number of aromatic amines is 1. The average Bonchev–Trinajstić information content (AvgIpc) is 2.45. The van der Waals surface area contributed by atoms with E-state index in [4.69, 9.17) is 11.6 Å². The molecule has 0 fully saturated rings. The SMILES string of the molecule is CC(C)(C)CN1CCc2[nH]nc(Cl)c2C1. The Morgan fingerprint density at radius 1 is 1.47 bits per heavy atom. The molecular weight excluding hydrogens is 210 g/mol. The molecule has 0 radical (unpaired) electrons. The van der Waals surface area contributed by atoms with Gasteiger partial charge in [-0.3, -0.25) is 10.00 Å². The van der Waals surface area contributed by atoms with Crippen molar-refractivity contribution < 1.29 is 0 Å². The molecule has 0 saturated carbocycles. The molecule has 84 valence electrons. The lowest BCUT2D eigenvalue weighted by atomic mass is 9.94. The van der Waals surface area contributed by atoms with E-state index in [1.54, 1.807) is 0 Å². The number of aromatic nitrogens is 2. The maximum atomic E-state index is 6.03. The number of hydrogen-bond acceptors (Lipinski definition) is 2. The second-order valence-electron chi connectivity index (χ2n) is 5.49. The average molecular weight is 228 g/mol.